The standard InChI is InChI=1S/C18H21NO/c19-11-10-14-5-8-18(9-6-14)20-13-15-4-7-16-2-1-3-17(16)12-15/h4-9,12H,1-3,10-11,13,19H2. The number of rotatable bonds is 5. The van der Waals surface area contributed by atoms with E-state index in [9.17, 15) is 0 Å². The zero-order chi connectivity index (χ0) is 13.8. The van der Waals surface area contributed by atoms with Crippen LogP contribution >= 0.6 is 0 Å². The number of nitrogens with two attached hydrogens (primary N) is 1. The molecule has 2 N–H and O–H groups in total. The maximum atomic E-state index is 5.85. The predicted molar refractivity (Wildman–Crippen MR) is 82.0 cm³/mol. The van der Waals surface area contributed by atoms with Gasteiger partial charge in [0.05, 0.1) is 0 Å². The molecule has 3 rings (SSSR count). The summed E-state index contributed by atoms with van der Waals surface area (Å²) >= 11 is 0. The van der Waals surface area contributed by atoms with Gasteiger partial charge in [-0.15, -0.1) is 0 Å². The summed E-state index contributed by atoms with van der Waals surface area (Å²) in [4.78, 5) is 0. The molecule has 0 spiro atoms. The van der Waals surface area contributed by atoms with E-state index in [0.29, 0.717) is 13.2 Å². The minimum absolute atomic E-state index is 0.642. The summed E-state index contributed by atoms with van der Waals surface area (Å²) in [6.45, 7) is 1.33. The SMILES string of the molecule is NCCc1ccc(OCc2ccc3c(c2)CCC3)cc1. The van der Waals surface area contributed by atoms with Crippen LogP contribution in [0.5, 0.6) is 5.75 Å². The van der Waals surface area contributed by atoms with Gasteiger partial charge in [-0.05, 0) is 66.6 Å². The van der Waals surface area contributed by atoms with Crippen LogP contribution < -0.4 is 10.5 Å². The zero-order valence-corrected chi connectivity index (χ0v) is 11.8. The second-order valence-corrected chi connectivity index (χ2v) is 5.43. The Morgan fingerprint density at radius 3 is 2.45 bits per heavy atom. The Hall–Kier alpha value is -1.80. The van der Waals surface area contributed by atoms with Crippen LogP contribution in [0.2, 0.25) is 0 Å². The average Bonchev–Trinajstić information content (AvgIpc) is 2.94. The van der Waals surface area contributed by atoms with Crippen molar-refractivity contribution in [2.24, 2.45) is 5.73 Å². The van der Waals surface area contributed by atoms with Crippen LogP contribution in [0, 0.1) is 0 Å². The lowest BCUT2D eigenvalue weighted by Crippen LogP contribution is -2.02. The van der Waals surface area contributed by atoms with Crippen molar-refractivity contribution in [3.8, 4) is 5.75 Å². The molecule has 20 heavy (non-hydrogen) atoms. The molecule has 2 aromatic rings. The van der Waals surface area contributed by atoms with Crippen molar-refractivity contribution in [3.05, 3.63) is 64.7 Å². The van der Waals surface area contributed by atoms with Crippen molar-refractivity contribution in [1.82, 2.24) is 0 Å². The third kappa shape index (κ3) is 3.02. The van der Waals surface area contributed by atoms with E-state index in [4.69, 9.17) is 10.5 Å². The summed E-state index contributed by atoms with van der Waals surface area (Å²) < 4.78 is 5.85. The molecular formula is C18H21NO. The number of hydrogen-bond acceptors (Lipinski definition) is 2. The van der Waals surface area contributed by atoms with Crippen molar-refractivity contribution in [1.29, 1.82) is 0 Å². The summed E-state index contributed by atoms with van der Waals surface area (Å²) in [5, 5.41) is 0. The first kappa shape index (κ1) is 13.2. The Kier molecular flexibility index (Phi) is 4.03. The molecule has 0 aliphatic heterocycles. The molecule has 2 heteroatoms. The fourth-order valence-electron chi connectivity index (χ4n) is 2.80. The highest BCUT2D eigenvalue weighted by atomic mass is 16.5. The molecule has 0 bridgehead atoms. The first-order valence-corrected chi connectivity index (χ1v) is 7.37. The highest BCUT2D eigenvalue weighted by molar-refractivity contribution is 5.35. The molecule has 0 atom stereocenters. The van der Waals surface area contributed by atoms with Crippen molar-refractivity contribution in [2.45, 2.75) is 32.3 Å². The molecule has 0 saturated heterocycles. The highest BCUT2D eigenvalue weighted by Gasteiger charge is 2.10. The van der Waals surface area contributed by atoms with Crippen LogP contribution in [-0.4, -0.2) is 6.54 Å². The van der Waals surface area contributed by atoms with Gasteiger partial charge in [0, 0.05) is 0 Å². The summed E-state index contributed by atoms with van der Waals surface area (Å²) in [7, 11) is 0. The topological polar surface area (TPSA) is 35.2 Å². The van der Waals surface area contributed by atoms with Gasteiger partial charge in [-0.25, -0.2) is 0 Å². The van der Waals surface area contributed by atoms with Crippen molar-refractivity contribution < 1.29 is 4.74 Å². The van der Waals surface area contributed by atoms with Crippen LogP contribution in [0.4, 0.5) is 0 Å². The molecule has 0 fully saturated rings. The lowest BCUT2D eigenvalue weighted by molar-refractivity contribution is 0.306. The van der Waals surface area contributed by atoms with E-state index in [1.54, 1.807) is 0 Å². The smallest absolute Gasteiger partial charge is 0.119 e. The van der Waals surface area contributed by atoms with Gasteiger partial charge in [0.1, 0.15) is 12.4 Å². The third-order valence-corrected chi connectivity index (χ3v) is 3.92. The van der Waals surface area contributed by atoms with E-state index in [-0.39, 0.29) is 0 Å². The van der Waals surface area contributed by atoms with Crippen LogP contribution in [0.25, 0.3) is 0 Å². The second kappa shape index (κ2) is 6.10. The Morgan fingerprint density at radius 2 is 1.65 bits per heavy atom. The molecule has 0 amide bonds. The van der Waals surface area contributed by atoms with Crippen LogP contribution in [0.15, 0.2) is 42.5 Å². The zero-order valence-electron chi connectivity index (χ0n) is 11.8. The van der Waals surface area contributed by atoms with E-state index >= 15 is 0 Å². The predicted octanol–water partition coefficient (Wildman–Crippen LogP) is 3.26. The van der Waals surface area contributed by atoms with E-state index in [1.165, 1.54) is 41.5 Å². The molecule has 1 aliphatic rings. The molecule has 0 aromatic heterocycles. The van der Waals surface area contributed by atoms with Gasteiger partial charge in [0.15, 0.2) is 0 Å². The van der Waals surface area contributed by atoms with Gasteiger partial charge in [-0.1, -0.05) is 30.3 Å². The van der Waals surface area contributed by atoms with Gasteiger partial charge >= 0.3 is 0 Å². The minimum atomic E-state index is 0.642. The highest BCUT2D eigenvalue weighted by Crippen LogP contribution is 2.23. The van der Waals surface area contributed by atoms with Crippen molar-refractivity contribution in [3.63, 3.8) is 0 Å². The summed E-state index contributed by atoms with van der Waals surface area (Å²) in [5.74, 6) is 0.922. The van der Waals surface area contributed by atoms with Gasteiger partial charge in [0.2, 0.25) is 0 Å². The lowest BCUT2D eigenvalue weighted by Gasteiger charge is -2.09. The van der Waals surface area contributed by atoms with Gasteiger partial charge in [-0.2, -0.15) is 0 Å². The molecule has 1 aliphatic carbocycles. The van der Waals surface area contributed by atoms with Crippen LogP contribution in [-0.2, 0) is 25.9 Å². The first-order chi connectivity index (χ1) is 9.85. The van der Waals surface area contributed by atoms with Crippen molar-refractivity contribution >= 4 is 0 Å². The fourth-order valence-corrected chi connectivity index (χ4v) is 2.80. The Morgan fingerprint density at radius 1 is 0.900 bits per heavy atom. The van der Waals surface area contributed by atoms with Gasteiger partial charge < -0.3 is 10.5 Å². The molecule has 2 aromatic carbocycles. The van der Waals surface area contributed by atoms with E-state index in [1.807, 2.05) is 12.1 Å². The van der Waals surface area contributed by atoms with E-state index in [0.717, 1.165) is 12.2 Å². The summed E-state index contributed by atoms with van der Waals surface area (Å²) in [6.07, 6.45) is 4.67. The van der Waals surface area contributed by atoms with Gasteiger partial charge in [-0.3, -0.25) is 0 Å². The maximum Gasteiger partial charge on any atom is 0.119 e. The summed E-state index contributed by atoms with van der Waals surface area (Å²) in [6, 6.07) is 15.0. The fraction of sp³-hybridized carbons (Fsp3) is 0.333. The van der Waals surface area contributed by atoms with E-state index in [2.05, 4.69) is 30.3 Å². The molecule has 2 nitrogen and oxygen atoms in total. The number of hydrogen-bond donors (Lipinski definition) is 1. The Balaban J connectivity index is 1.61. The second-order valence-electron chi connectivity index (χ2n) is 5.43. The maximum absolute atomic E-state index is 5.85. The van der Waals surface area contributed by atoms with Crippen LogP contribution in [0.3, 0.4) is 0 Å². The first-order valence-electron chi connectivity index (χ1n) is 7.37. The monoisotopic (exact) mass is 267 g/mol. The number of aryl methyl sites for hydroxylation is 2. The average molecular weight is 267 g/mol. The van der Waals surface area contributed by atoms with Crippen molar-refractivity contribution in [2.75, 3.05) is 6.54 Å². The number of ether oxygens (including phenoxy) is 1. The number of benzene rings is 2. The van der Waals surface area contributed by atoms with Gasteiger partial charge in [0.25, 0.3) is 0 Å². The lowest BCUT2D eigenvalue weighted by atomic mass is 10.1. The largest absolute Gasteiger partial charge is 0.489 e. The third-order valence-electron chi connectivity index (χ3n) is 3.92. The molecule has 104 valence electrons. The molecular weight excluding hydrogens is 246 g/mol. The minimum Gasteiger partial charge on any atom is -0.489 e. The van der Waals surface area contributed by atoms with Crippen LogP contribution in [0.1, 0.15) is 28.7 Å². The number of fused-ring (bicyclic) bond motifs is 1. The Labute approximate surface area is 120 Å². The molecule has 0 unspecified atom stereocenters. The molecule has 0 saturated carbocycles. The summed E-state index contributed by atoms with van der Waals surface area (Å²) in [5.41, 5.74) is 11.1. The van der Waals surface area contributed by atoms with E-state index < -0.39 is 0 Å². The molecule has 0 heterocycles. The quantitative estimate of drug-likeness (QED) is 0.902. The molecule has 0 radical (unpaired) electrons. The normalized spacial score (nSPS) is 13.2. The Bertz CT molecular complexity index is 574.